The van der Waals surface area contributed by atoms with Crippen LogP contribution in [0.2, 0.25) is 5.02 Å². The predicted molar refractivity (Wildman–Crippen MR) is 84.2 cm³/mol. The van der Waals surface area contributed by atoms with E-state index < -0.39 is 11.8 Å². The van der Waals surface area contributed by atoms with Crippen molar-refractivity contribution >= 4 is 39.2 Å². The molecule has 2 aromatic carbocycles. The number of hydrogen-bond donors (Lipinski definition) is 1. The first-order chi connectivity index (χ1) is 10.0. The number of ether oxygens (including phenoxy) is 1. The summed E-state index contributed by atoms with van der Waals surface area (Å²) >= 11 is 9.26. The smallest absolute Gasteiger partial charge is 0.337 e. The van der Waals surface area contributed by atoms with Crippen LogP contribution >= 0.6 is 27.5 Å². The Morgan fingerprint density at radius 2 is 2.10 bits per heavy atom. The molecule has 2 rings (SSSR count). The summed E-state index contributed by atoms with van der Waals surface area (Å²) in [5.41, 5.74) is 1.44. The van der Waals surface area contributed by atoms with E-state index in [-0.39, 0.29) is 11.3 Å². The van der Waals surface area contributed by atoms with Crippen molar-refractivity contribution in [1.29, 1.82) is 0 Å². The Kier molecular flexibility index (Phi) is 5.20. The third kappa shape index (κ3) is 3.95. The van der Waals surface area contributed by atoms with Gasteiger partial charge in [-0.2, -0.15) is 0 Å². The van der Waals surface area contributed by atoms with E-state index >= 15 is 0 Å². The molecular formula is C15H12BrClFNO2. The van der Waals surface area contributed by atoms with E-state index in [1.165, 1.54) is 25.3 Å². The van der Waals surface area contributed by atoms with E-state index in [1.54, 1.807) is 12.1 Å². The van der Waals surface area contributed by atoms with Crippen LogP contribution in [0.25, 0.3) is 0 Å². The standard InChI is InChI=1S/C15H12BrClFNO2/c1-21-15(20)9-3-5-13(18)14(6-9)19-8-10-2-4-11(17)7-12(10)16/h2-7,19H,8H2,1H3. The second kappa shape index (κ2) is 6.91. The van der Waals surface area contributed by atoms with Gasteiger partial charge >= 0.3 is 5.97 Å². The number of hydrogen-bond acceptors (Lipinski definition) is 3. The summed E-state index contributed by atoms with van der Waals surface area (Å²) in [6.45, 7) is 0.388. The fourth-order valence-corrected chi connectivity index (χ4v) is 2.58. The molecule has 0 heterocycles. The zero-order chi connectivity index (χ0) is 15.4. The summed E-state index contributed by atoms with van der Waals surface area (Å²) in [4.78, 5) is 11.4. The number of nitrogens with one attached hydrogen (secondary N) is 1. The van der Waals surface area contributed by atoms with Crippen LogP contribution in [0.5, 0.6) is 0 Å². The number of rotatable bonds is 4. The lowest BCUT2D eigenvalue weighted by Crippen LogP contribution is -2.06. The molecular weight excluding hydrogens is 361 g/mol. The largest absolute Gasteiger partial charge is 0.465 e. The minimum absolute atomic E-state index is 0.236. The summed E-state index contributed by atoms with van der Waals surface area (Å²) in [5, 5.41) is 3.57. The molecule has 0 aliphatic carbocycles. The Morgan fingerprint density at radius 1 is 1.33 bits per heavy atom. The molecule has 0 radical (unpaired) electrons. The van der Waals surface area contributed by atoms with Gasteiger partial charge in [-0.1, -0.05) is 33.6 Å². The maximum absolute atomic E-state index is 13.8. The number of halogens is 3. The van der Waals surface area contributed by atoms with E-state index in [1.807, 2.05) is 6.07 Å². The topological polar surface area (TPSA) is 38.3 Å². The Hall–Kier alpha value is -1.59. The van der Waals surface area contributed by atoms with Crippen molar-refractivity contribution in [2.75, 3.05) is 12.4 Å². The van der Waals surface area contributed by atoms with E-state index in [9.17, 15) is 9.18 Å². The quantitative estimate of drug-likeness (QED) is 0.795. The van der Waals surface area contributed by atoms with Crippen LogP contribution < -0.4 is 5.32 Å². The average molecular weight is 373 g/mol. The number of benzene rings is 2. The highest BCUT2D eigenvalue weighted by Gasteiger charge is 2.10. The predicted octanol–water partition coefficient (Wildman–Crippen LogP) is 4.64. The average Bonchev–Trinajstić information content (AvgIpc) is 2.47. The molecule has 3 nitrogen and oxygen atoms in total. The van der Waals surface area contributed by atoms with Gasteiger partial charge in [-0.15, -0.1) is 0 Å². The Balaban J connectivity index is 2.17. The number of anilines is 1. The fraction of sp³-hybridized carbons (Fsp3) is 0.133. The normalized spacial score (nSPS) is 10.3. The summed E-state index contributed by atoms with van der Waals surface area (Å²) in [6.07, 6.45) is 0. The molecule has 6 heteroatoms. The summed E-state index contributed by atoms with van der Waals surface area (Å²) in [5.74, 6) is -0.946. The van der Waals surface area contributed by atoms with Crippen LogP contribution in [0, 0.1) is 5.82 Å². The van der Waals surface area contributed by atoms with Crippen molar-refractivity contribution in [2.45, 2.75) is 6.54 Å². The van der Waals surface area contributed by atoms with Crippen LogP contribution in [-0.2, 0) is 11.3 Å². The fourth-order valence-electron chi connectivity index (χ4n) is 1.76. The molecule has 1 N–H and O–H groups in total. The number of carbonyl (C=O) groups excluding carboxylic acids is 1. The minimum Gasteiger partial charge on any atom is -0.465 e. The van der Waals surface area contributed by atoms with Crippen LogP contribution in [0.1, 0.15) is 15.9 Å². The Bertz CT molecular complexity index is 679. The first kappa shape index (κ1) is 15.8. The van der Waals surface area contributed by atoms with Crippen molar-refractivity contribution in [3.8, 4) is 0 Å². The van der Waals surface area contributed by atoms with Gasteiger partial charge < -0.3 is 10.1 Å². The zero-order valence-electron chi connectivity index (χ0n) is 11.1. The molecule has 0 bridgehead atoms. The molecule has 21 heavy (non-hydrogen) atoms. The molecule has 0 aromatic heterocycles. The molecule has 0 aliphatic heterocycles. The highest BCUT2D eigenvalue weighted by Crippen LogP contribution is 2.23. The van der Waals surface area contributed by atoms with Gasteiger partial charge in [-0.05, 0) is 35.9 Å². The number of methoxy groups -OCH3 is 1. The molecule has 0 amide bonds. The molecule has 0 fully saturated rings. The van der Waals surface area contributed by atoms with Crippen molar-refractivity contribution in [2.24, 2.45) is 0 Å². The number of carbonyl (C=O) groups is 1. The zero-order valence-corrected chi connectivity index (χ0v) is 13.5. The van der Waals surface area contributed by atoms with Gasteiger partial charge in [0.1, 0.15) is 5.82 Å². The molecule has 0 unspecified atom stereocenters. The first-order valence-corrected chi connectivity index (χ1v) is 7.24. The number of esters is 1. The van der Waals surface area contributed by atoms with Crippen LogP contribution in [0.3, 0.4) is 0 Å². The van der Waals surface area contributed by atoms with E-state index in [0.717, 1.165) is 10.0 Å². The van der Waals surface area contributed by atoms with Crippen molar-refractivity contribution in [3.63, 3.8) is 0 Å². The van der Waals surface area contributed by atoms with Gasteiger partial charge in [-0.3, -0.25) is 0 Å². The second-order valence-electron chi connectivity index (χ2n) is 4.28. The van der Waals surface area contributed by atoms with Crippen LogP contribution in [0.4, 0.5) is 10.1 Å². The monoisotopic (exact) mass is 371 g/mol. The molecule has 110 valence electrons. The van der Waals surface area contributed by atoms with Gasteiger partial charge in [0.05, 0.1) is 18.4 Å². The summed E-state index contributed by atoms with van der Waals surface area (Å²) in [7, 11) is 1.28. The van der Waals surface area contributed by atoms with Gasteiger partial charge in [0.25, 0.3) is 0 Å². The minimum atomic E-state index is -0.509. The van der Waals surface area contributed by atoms with Crippen molar-refractivity contribution < 1.29 is 13.9 Å². The van der Waals surface area contributed by atoms with E-state index in [0.29, 0.717) is 11.6 Å². The molecule has 0 spiro atoms. The molecule has 0 aliphatic rings. The second-order valence-corrected chi connectivity index (χ2v) is 5.57. The highest BCUT2D eigenvalue weighted by molar-refractivity contribution is 9.10. The maximum Gasteiger partial charge on any atom is 0.337 e. The molecule has 2 aromatic rings. The van der Waals surface area contributed by atoms with E-state index in [2.05, 4.69) is 26.0 Å². The van der Waals surface area contributed by atoms with Crippen LogP contribution in [0.15, 0.2) is 40.9 Å². The third-order valence-corrected chi connectivity index (χ3v) is 3.85. The lowest BCUT2D eigenvalue weighted by molar-refractivity contribution is 0.0600. The third-order valence-electron chi connectivity index (χ3n) is 2.87. The molecule has 0 atom stereocenters. The molecule has 0 saturated carbocycles. The van der Waals surface area contributed by atoms with Crippen molar-refractivity contribution in [1.82, 2.24) is 0 Å². The van der Waals surface area contributed by atoms with Gasteiger partial charge in [0, 0.05) is 16.0 Å². The Morgan fingerprint density at radius 3 is 2.76 bits per heavy atom. The SMILES string of the molecule is COC(=O)c1ccc(F)c(NCc2ccc(Cl)cc2Br)c1. The lowest BCUT2D eigenvalue weighted by atomic mass is 10.1. The lowest BCUT2D eigenvalue weighted by Gasteiger charge is -2.10. The summed E-state index contributed by atoms with van der Waals surface area (Å²) in [6, 6.07) is 9.38. The van der Waals surface area contributed by atoms with Gasteiger partial charge in [0.2, 0.25) is 0 Å². The van der Waals surface area contributed by atoms with Gasteiger partial charge in [-0.25, -0.2) is 9.18 Å². The maximum atomic E-state index is 13.8. The van der Waals surface area contributed by atoms with Crippen molar-refractivity contribution in [3.05, 3.63) is 62.8 Å². The highest BCUT2D eigenvalue weighted by atomic mass is 79.9. The summed E-state index contributed by atoms with van der Waals surface area (Å²) < 4.78 is 19.2. The first-order valence-electron chi connectivity index (χ1n) is 6.07. The molecule has 0 saturated heterocycles. The van der Waals surface area contributed by atoms with E-state index in [4.69, 9.17) is 11.6 Å². The Labute approximate surface area is 135 Å². The van der Waals surface area contributed by atoms with Gasteiger partial charge in [0.15, 0.2) is 0 Å². The van der Waals surface area contributed by atoms with Crippen LogP contribution in [-0.4, -0.2) is 13.1 Å².